The van der Waals surface area contributed by atoms with Crippen molar-refractivity contribution in [2.24, 2.45) is 0 Å². The maximum absolute atomic E-state index is 13.8. The summed E-state index contributed by atoms with van der Waals surface area (Å²) in [4.78, 5) is 13.8. The van der Waals surface area contributed by atoms with E-state index in [1.54, 1.807) is 36.4 Å². The third-order valence-corrected chi connectivity index (χ3v) is 4.58. The van der Waals surface area contributed by atoms with Gasteiger partial charge in [0.05, 0.1) is 2.74 Å². The van der Waals surface area contributed by atoms with Crippen LogP contribution >= 0.6 is 0 Å². The van der Waals surface area contributed by atoms with Crippen LogP contribution in [0.4, 0.5) is 0 Å². The Hall–Kier alpha value is -2.21. The molecule has 1 aliphatic rings. The minimum Gasteiger partial charge on any atom is -0.785 e. The lowest BCUT2D eigenvalue weighted by molar-refractivity contribution is -0.176. The maximum atomic E-state index is 13.8. The first-order valence-corrected chi connectivity index (χ1v) is 8.76. The lowest BCUT2D eigenvalue weighted by atomic mass is 9.85. The number of esters is 1. The molecule has 2 aromatic carbocycles. The molecule has 0 spiro atoms. The molecule has 1 saturated heterocycles. The molecule has 0 saturated carbocycles. The van der Waals surface area contributed by atoms with Crippen LogP contribution in [0.5, 0.6) is 0 Å². The van der Waals surface area contributed by atoms with Crippen molar-refractivity contribution in [1.82, 2.24) is 5.06 Å². The molecule has 0 radical (unpaired) electrons. The van der Waals surface area contributed by atoms with Crippen molar-refractivity contribution in [2.45, 2.75) is 37.8 Å². The number of hydroxylamine groups is 2. The number of carbonyl (C=O) groups is 1. The van der Waals surface area contributed by atoms with Crippen molar-refractivity contribution in [3.63, 3.8) is 0 Å². The van der Waals surface area contributed by atoms with Gasteiger partial charge in [0.15, 0.2) is 0 Å². The summed E-state index contributed by atoms with van der Waals surface area (Å²) in [5.74, 6) is -1.03. The van der Waals surface area contributed by atoms with Gasteiger partial charge in [0.2, 0.25) is 5.60 Å². The van der Waals surface area contributed by atoms with E-state index in [-0.39, 0.29) is 37.1 Å². The molecule has 3 rings (SSSR count). The highest BCUT2D eigenvalue weighted by atomic mass is 16.6. The number of rotatable bonds is 7. The zero-order valence-electron chi connectivity index (χ0n) is 21.8. The zero-order valence-corrected chi connectivity index (χ0v) is 14.8. The SMILES string of the molecule is [2H]C([2H])([2H])C([2H])([2H])C([2H])([2H])OC(C(=O)OC1CCN([O-])CC1)(c1ccccc1)c1ccccc1. The second kappa shape index (κ2) is 9.13. The van der Waals surface area contributed by atoms with E-state index in [1.807, 2.05) is 0 Å². The Morgan fingerprint density at radius 3 is 2.22 bits per heavy atom. The van der Waals surface area contributed by atoms with E-state index >= 15 is 0 Å². The van der Waals surface area contributed by atoms with Crippen LogP contribution < -0.4 is 0 Å². The van der Waals surface area contributed by atoms with Gasteiger partial charge in [-0.1, -0.05) is 67.5 Å². The minimum atomic E-state index is -3.47. The predicted octanol–water partition coefficient (Wildman–Crippen LogP) is 3.86. The summed E-state index contributed by atoms with van der Waals surface area (Å²) in [6.07, 6.45) is -3.59. The van der Waals surface area contributed by atoms with Gasteiger partial charge in [-0.25, -0.2) is 4.79 Å². The molecule has 0 atom stereocenters. The Bertz CT molecular complexity index is 923. The molecule has 0 unspecified atom stereocenters. The number of ether oxygens (including phenoxy) is 2. The maximum Gasteiger partial charge on any atom is 0.348 e. The lowest BCUT2D eigenvalue weighted by Crippen LogP contribution is -2.45. The van der Waals surface area contributed by atoms with Crippen LogP contribution in [0.15, 0.2) is 60.7 Å². The second-order valence-corrected chi connectivity index (χ2v) is 6.28. The minimum absolute atomic E-state index is 0.137. The van der Waals surface area contributed by atoms with Gasteiger partial charge in [-0.2, -0.15) is 0 Å². The van der Waals surface area contributed by atoms with Crippen molar-refractivity contribution in [1.29, 1.82) is 0 Å². The molecule has 0 bridgehead atoms. The highest BCUT2D eigenvalue weighted by Gasteiger charge is 2.45. The average molecular weight is 375 g/mol. The van der Waals surface area contributed by atoms with E-state index in [0.717, 1.165) is 5.06 Å². The van der Waals surface area contributed by atoms with Gasteiger partial charge in [-0.3, -0.25) is 0 Å². The molecule has 0 amide bonds. The molecule has 0 N–H and O–H groups in total. The van der Waals surface area contributed by atoms with Crippen LogP contribution in [-0.4, -0.2) is 36.8 Å². The molecule has 1 fully saturated rings. The predicted molar refractivity (Wildman–Crippen MR) is 104 cm³/mol. The van der Waals surface area contributed by atoms with Crippen LogP contribution in [0.2, 0.25) is 0 Å². The third-order valence-electron chi connectivity index (χ3n) is 4.58. The van der Waals surface area contributed by atoms with Crippen LogP contribution in [0, 0.1) is 5.21 Å². The molecule has 1 heterocycles. The van der Waals surface area contributed by atoms with E-state index < -0.39 is 37.5 Å². The van der Waals surface area contributed by atoms with E-state index in [1.165, 1.54) is 24.3 Å². The Labute approximate surface area is 170 Å². The molecule has 0 aromatic heterocycles. The summed E-state index contributed by atoms with van der Waals surface area (Å²) in [7, 11) is 0. The topological polar surface area (TPSA) is 61.8 Å². The first kappa shape index (κ1) is 12.3. The van der Waals surface area contributed by atoms with Gasteiger partial charge in [0.1, 0.15) is 6.10 Å². The number of hydrogen-bond acceptors (Lipinski definition) is 5. The molecular formula is C22H26NO4-. The highest BCUT2D eigenvalue weighted by Crippen LogP contribution is 2.36. The Kier molecular flexibility index (Phi) is 4.15. The van der Waals surface area contributed by atoms with Crippen molar-refractivity contribution in [2.75, 3.05) is 19.6 Å². The van der Waals surface area contributed by atoms with Crippen LogP contribution in [0.1, 0.15) is 46.8 Å². The molecule has 1 aliphatic heterocycles. The fourth-order valence-corrected chi connectivity index (χ4v) is 3.19. The van der Waals surface area contributed by atoms with Gasteiger partial charge < -0.3 is 19.7 Å². The Balaban J connectivity index is 2.16. The lowest BCUT2D eigenvalue weighted by Gasteiger charge is -2.38. The average Bonchev–Trinajstić information content (AvgIpc) is 2.79. The fraction of sp³-hybridized carbons (Fsp3) is 0.409. The number of benzene rings is 2. The molecule has 27 heavy (non-hydrogen) atoms. The van der Waals surface area contributed by atoms with Gasteiger partial charge in [-0.15, -0.1) is 0 Å². The van der Waals surface area contributed by atoms with Crippen molar-refractivity contribution >= 4 is 5.97 Å². The summed E-state index contributed by atoms with van der Waals surface area (Å²) >= 11 is 0. The normalized spacial score (nSPS) is 21.6. The third kappa shape index (κ3) is 4.38. The first-order chi connectivity index (χ1) is 15.8. The van der Waals surface area contributed by atoms with E-state index in [2.05, 4.69) is 0 Å². The summed E-state index contributed by atoms with van der Waals surface area (Å²) in [6.45, 7) is -6.52. The number of hydrogen-bond donors (Lipinski definition) is 0. The first-order valence-electron chi connectivity index (χ1n) is 12.3. The standard InChI is InChI=1S/C22H26NO4/c1-2-17-26-22(18-9-5-3-6-10-18,19-11-7-4-8-12-19)21(24)27-20-13-15-23(25)16-14-20/h3-12,20H,2,13-17H2,1H3/q-1/i1D3,2D2,17D2. The fourth-order valence-electron chi connectivity index (χ4n) is 3.19. The Morgan fingerprint density at radius 2 is 1.70 bits per heavy atom. The van der Waals surface area contributed by atoms with Crippen molar-refractivity contribution in [3.8, 4) is 0 Å². The smallest absolute Gasteiger partial charge is 0.348 e. The molecule has 5 heteroatoms. The van der Waals surface area contributed by atoms with Crippen LogP contribution in [0.3, 0.4) is 0 Å². The second-order valence-electron chi connectivity index (χ2n) is 6.28. The molecular weight excluding hydrogens is 342 g/mol. The monoisotopic (exact) mass is 375 g/mol. The summed E-state index contributed by atoms with van der Waals surface area (Å²) < 4.78 is 66.6. The van der Waals surface area contributed by atoms with E-state index in [9.17, 15) is 10.0 Å². The largest absolute Gasteiger partial charge is 0.785 e. The molecule has 0 aliphatic carbocycles. The number of nitrogens with zero attached hydrogens (tertiary/aromatic N) is 1. The summed E-state index contributed by atoms with van der Waals surface area (Å²) in [5, 5.41) is 12.4. The molecule has 144 valence electrons. The van der Waals surface area contributed by atoms with Gasteiger partial charge in [-0.05, 0) is 43.4 Å². The summed E-state index contributed by atoms with van der Waals surface area (Å²) in [6, 6.07) is 15.7. The Morgan fingerprint density at radius 1 is 1.15 bits per heavy atom. The highest BCUT2D eigenvalue weighted by molar-refractivity contribution is 5.86. The van der Waals surface area contributed by atoms with E-state index in [4.69, 9.17) is 19.1 Å². The van der Waals surface area contributed by atoms with Gasteiger partial charge in [0.25, 0.3) is 0 Å². The molecule has 5 nitrogen and oxygen atoms in total. The quantitative estimate of drug-likeness (QED) is 0.688. The van der Waals surface area contributed by atoms with Crippen molar-refractivity contribution in [3.05, 3.63) is 77.0 Å². The van der Waals surface area contributed by atoms with Crippen LogP contribution in [0.25, 0.3) is 0 Å². The van der Waals surface area contributed by atoms with Crippen molar-refractivity contribution < 1.29 is 23.9 Å². The van der Waals surface area contributed by atoms with Gasteiger partial charge in [0, 0.05) is 13.4 Å². The number of piperidine rings is 1. The van der Waals surface area contributed by atoms with Gasteiger partial charge >= 0.3 is 5.97 Å². The molecule has 2 aromatic rings. The zero-order chi connectivity index (χ0) is 25.2. The van der Waals surface area contributed by atoms with Crippen LogP contribution in [-0.2, 0) is 19.9 Å². The summed E-state index contributed by atoms with van der Waals surface area (Å²) in [5.41, 5.74) is -2.05. The van der Waals surface area contributed by atoms with E-state index in [0.29, 0.717) is 0 Å². The number of carbonyl (C=O) groups excluding carboxylic acids is 1.